The van der Waals surface area contributed by atoms with Gasteiger partial charge in [-0.05, 0) is 30.7 Å². The molecule has 0 unspecified atom stereocenters. The normalized spacial score (nSPS) is 10.9. The molecule has 23 heavy (non-hydrogen) atoms. The molecule has 3 rings (SSSR count). The molecule has 0 N–H and O–H groups in total. The van der Waals surface area contributed by atoms with Crippen molar-refractivity contribution in [3.8, 4) is 0 Å². The molecular formula is C18H15Cl2NS2. The first-order valence-electron chi connectivity index (χ1n) is 7.17. The Morgan fingerprint density at radius 3 is 2.65 bits per heavy atom. The molecule has 0 bridgehead atoms. The number of benzene rings is 2. The maximum Gasteiger partial charge on any atom is 0.0972 e. The minimum Gasteiger partial charge on any atom is -0.245 e. The van der Waals surface area contributed by atoms with E-state index in [0.29, 0.717) is 5.02 Å². The van der Waals surface area contributed by atoms with E-state index in [-0.39, 0.29) is 0 Å². The van der Waals surface area contributed by atoms with Crippen molar-refractivity contribution in [3.05, 3.63) is 79.7 Å². The lowest BCUT2D eigenvalue weighted by Crippen LogP contribution is -1.89. The summed E-state index contributed by atoms with van der Waals surface area (Å²) in [4.78, 5) is 5.71. The fourth-order valence-corrected chi connectivity index (χ4v) is 4.44. The largest absolute Gasteiger partial charge is 0.245 e. The molecule has 0 saturated carbocycles. The summed E-state index contributed by atoms with van der Waals surface area (Å²) in [6.45, 7) is 2.10. The van der Waals surface area contributed by atoms with Gasteiger partial charge in [-0.25, -0.2) is 4.98 Å². The highest BCUT2D eigenvalue weighted by Crippen LogP contribution is 2.32. The minimum atomic E-state index is 0.704. The highest BCUT2D eigenvalue weighted by atomic mass is 35.5. The monoisotopic (exact) mass is 379 g/mol. The Labute approximate surface area is 154 Å². The van der Waals surface area contributed by atoms with Crippen molar-refractivity contribution in [1.82, 2.24) is 4.98 Å². The van der Waals surface area contributed by atoms with Crippen molar-refractivity contribution in [1.29, 1.82) is 0 Å². The molecule has 118 valence electrons. The van der Waals surface area contributed by atoms with Gasteiger partial charge in [0.1, 0.15) is 0 Å². The molecule has 0 aliphatic carbocycles. The summed E-state index contributed by atoms with van der Waals surface area (Å²) in [7, 11) is 0. The summed E-state index contributed by atoms with van der Waals surface area (Å²) in [5.74, 6) is 0.796. The molecule has 0 spiro atoms. The van der Waals surface area contributed by atoms with Crippen LogP contribution in [0.2, 0.25) is 10.0 Å². The van der Waals surface area contributed by atoms with Crippen LogP contribution in [0.4, 0.5) is 0 Å². The van der Waals surface area contributed by atoms with E-state index in [1.54, 1.807) is 29.2 Å². The van der Waals surface area contributed by atoms with Gasteiger partial charge in [-0.3, -0.25) is 0 Å². The molecule has 1 nitrogen and oxygen atoms in total. The highest BCUT2D eigenvalue weighted by Gasteiger charge is 2.07. The molecule has 0 aliphatic rings. The maximum absolute atomic E-state index is 6.19. The number of hydrogen-bond donors (Lipinski definition) is 0. The lowest BCUT2D eigenvalue weighted by Gasteiger charge is -2.03. The second-order valence-electron chi connectivity index (χ2n) is 5.26. The Bertz CT molecular complexity index is 797. The lowest BCUT2D eigenvalue weighted by molar-refractivity contribution is 1.09. The van der Waals surface area contributed by atoms with Crippen molar-refractivity contribution in [2.24, 2.45) is 0 Å². The van der Waals surface area contributed by atoms with Crippen LogP contribution in [0.15, 0.2) is 52.7 Å². The van der Waals surface area contributed by atoms with Crippen molar-refractivity contribution >= 4 is 46.3 Å². The standard InChI is InChI=1S/C18H15Cl2NS2/c1-12-2-4-13(5-3-12)8-18-21-15(11-23-18)10-22-17-9-14(19)6-7-16(17)20/h2-7,9,11H,8,10H2,1H3. The van der Waals surface area contributed by atoms with E-state index in [0.717, 1.165) is 32.8 Å². The highest BCUT2D eigenvalue weighted by molar-refractivity contribution is 7.98. The Morgan fingerprint density at radius 2 is 1.87 bits per heavy atom. The van der Waals surface area contributed by atoms with Gasteiger partial charge in [-0.15, -0.1) is 23.1 Å². The molecule has 0 radical (unpaired) electrons. The molecule has 0 amide bonds. The number of nitrogens with zero attached hydrogens (tertiary/aromatic N) is 1. The van der Waals surface area contributed by atoms with E-state index in [9.17, 15) is 0 Å². The average Bonchev–Trinajstić information content (AvgIpc) is 2.98. The fraction of sp³-hybridized carbons (Fsp3) is 0.167. The molecule has 0 aliphatic heterocycles. The number of halogens is 2. The maximum atomic E-state index is 6.19. The van der Waals surface area contributed by atoms with Gasteiger partial charge in [0.05, 0.1) is 15.7 Å². The summed E-state index contributed by atoms with van der Waals surface area (Å²) in [6.07, 6.45) is 0.882. The quantitative estimate of drug-likeness (QED) is 0.460. The average molecular weight is 380 g/mol. The van der Waals surface area contributed by atoms with Crippen molar-refractivity contribution in [2.45, 2.75) is 24.0 Å². The van der Waals surface area contributed by atoms with Gasteiger partial charge < -0.3 is 0 Å². The lowest BCUT2D eigenvalue weighted by atomic mass is 10.1. The van der Waals surface area contributed by atoms with Crippen LogP contribution in [-0.2, 0) is 12.2 Å². The predicted octanol–water partition coefficient (Wildman–Crippen LogP) is 6.64. The Kier molecular flexibility index (Phi) is 5.65. The zero-order valence-electron chi connectivity index (χ0n) is 12.6. The first kappa shape index (κ1) is 16.8. The second kappa shape index (κ2) is 7.71. The minimum absolute atomic E-state index is 0.704. The van der Waals surface area contributed by atoms with Crippen LogP contribution in [0, 0.1) is 6.92 Å². The van der Waals surface area contributed by atoms with Crippen LogP contribution in [0.5, 0.6) is 0 Å². The van der Waals surface area contributed by atoms with E-state index in [2.05, 4.69) is 36.6 Å². The van der Waals surface area contributed by atoms with Crippen LogP contribution in [-0.4, -0.2) is 4.98 Å². The molecule has 5 heteroatoms. The Hall–Kier alpha value is -1.00. The first-order chi connectivity index (χ1) is 11.1. The SMILES string of the molecule is Cc1ccc(Cc2nc(CSc3cc(Cl)ccc3Cl)cs2)cc1. The molecule has 3 aromatic rings. The smallest absolute Gasteiger partial charge is 0.0972 e. The number of aryl methyl sites for hydroxylation is 1. The van der Waals surface area contributed by atoms with Gasteiger partial charge >= 0.3 is 0 Å². The number of hydrogen-bond acceptors (Lipinski definition) is 3. The number of rotatable bonds is 5. The molecule has 1 heterocycles. The van der Waals surface area contributed by atoms with Gasteiger partial charge in [0.15, 0.2) is 0 Å². The Morgan fingerprint density at radius 1 is 1.09 bits per heavy atom. The second-order valence-corrected chi connectivity index (χ2v) is 8.06. The third-order valence-corrected chi connectivity index (χ3v) is 6.01. The molecule has 1 aromatic heterocycles. The van der Waals surface area contributed by atoms with Crippen LogP contribution >= 0.6 is 46.3 Å². The van der Waals surface area contributed by atoms with E-state index < -0.39 is 0 Å². The molecule has 0 atom stereocenters. The molecule has 0 fully saturated rings. The van der Waals surface area contributed by atoms with Gasteiger partial charge in [0, 0.05) is 27.5 Å². The number of thioether (sulfide) groups is 1. The third-order valence-electron chi connectivity index (χ3n) is 3.34. The first-order valence-corrected chi connectivity index (χ1v) is 9.79. The summed E-state index contributed by atoms with van der Waals surface area (Å²) >= 11 is 15.6. The summed E-state index contributed by atoms with van der Waals surface area (Å²) in [5.41, 5.74) is 3.66. The zero-order valence-corrected chi connectivity index (χ0v) is 15.7. The fourth-order valence-electron chi connectivity index (χ4n) is 2.12. The van der Waals surface area contributed by atoms with Gasteiger partial charge in [-0.2, -0.15) is 0 Å². The summed E-state index contributed by atoms with van der Waals surface area (Å²) in [6, 6.07) is 14.1. The van der Waals surface area contributed by atoms with Crippen LogP contribution in [0.3, 0.4) is 0 Å². The summed E-state index contributed by atoms with van der Waals surface area (Å²) in [5, 5.41) is 4.70. The Balaban J connectivity index is 1.63. The van der Waals surface area contributed by atoms with Crippen molar-refractivity contribution in [2.75, 3.05) is 0 Å². The van der Waals surface area contributed by atoms with Gasteiger partial charge in [0.25, 0.3) is 0 Å². The molecular weight excluding hydrogens is 365 g/mol. The van der Waals surface area contributed by atoms with Crippen LogP contribution < -0.4 is 0 Å². The van der Waals surface area contributed by atoms with Gasteiger partial charge in [-0.1, -0.05) is 53.0 Å². The predicted molar refractivity (Wildman–Crippen MR) is 102 cm³/mol. The topological polar surface area (TPSA) is 12.9 Å². The summed E-state index contributed by atoms with van der Waals surface area (Å²) < 4.78 is 0. The van der Waals surface area contributed by atoms with Gasteiger partial charge in [0.2, 0.25) is 0 Å². The number of aromatic nitrogens is 1. The number of thiazole rings is 1. The van der Waals surface area contributed by atoms with E-state index in [1.807, 2.05) is 12.1 Å². The van der Waals surface area contributed by atoms with E-state index in [4.69, 9.17) is 28.2 Å². The zero-order chi connectivity index (χ0) is 16.2. The molecule has 0 saturated heterocycles. The molecule has 2 aromatic carbocycles. The van der Waals surface area contributed by atoms with Crippen molar-refractivity contribution < 1.29 is 0 Å². The third kappa shape index (κ3) is 4.74. The van der Waals surface area contributed by atoms with Crippen LogP contribution in [0.1, 0.15) is 21.8 Å². The van der Waals surface area contributed by atoms with E-state index in [1.165, 1.54) is 11.1 Å². The van der Waals surface area contributed by atoms with E-state index >= 15 is 0 Å². The van der Waals surface area contributed by atoms with Crippen LogP contribution in [0.25, 0.3) is 0 Å². The van der Waals surface area contributed by atoms with Crippen molar-refractivity contribution in [3.63, 3.8) is 0 Å².